The first-order valence-electron chi connectivity index (χ1n) is 6.54. The van der Waals surface area contributed by atoms with Gasteiger partial charge in [-0.2, -0.15) is 0 Å². The lowest BCUT2D eigenvalue weighted by Crippen LogP contribution is -2.22. The van der Waals surface area contributed by atoms with Crippen LogP contribution in [-0.4, -0.2) is 29.7 Å². The summed E-state index contributed by atoms with van der Waals surface area (Å²) in [5.41, 5.74) is 2.07. The van der Waals surface area contributed by atoms with Crippen molar-refractivity contribution in [3.8, 4) is 0 Å². The number of hydrogen-bond donors (Lipinski definition) is 1. The Labute approximate surface area is 118 Å². The maximum Gasteiger partial charge on any atom is 0.337 e. The van der Waals surface area contributed by atoms with Crippen LogP contribution in [0.15, 0.2) is 42.5 Å². The van der Waals surface area contributed by atoms with Crippen LogP contribution >= 0.6 is 0 Å². The van der Waals surface area contributed by atoms with Crippen LogP contribution in [0.3, 0.4) is 0 Å². The second kappa shape index (κ2) is 6.19. The lowest BCUT2D eigenvalue weighted by Gasteiger charge is -2.19. The van der Waals surface area contributed by atoms with E-state index < -0.39 is 5.97 Å². The monoisotopic (exact) mass is 270 g/mol. The molecule has 0 radical (unpaired) electrons. The first-order chi connectivity index (χ1) is 9.58. The Bertz CT molecular complexity index is 597. The maximum absolute atomic E-state index is 11.0. The second-order valence-corrected chi connectivity index (χ2v) is 4.76. The van der Waals surface area contributed by atoms with Gasteiger partial charge in [0.05, 0.1) is 11.3 Å². The highest BCUT2D eigenvalue weighted by Crippen LogP contribution is 2.14. The minimum absolute atomic E-state index is 0.255. The summed E-state index contributed by atoms with van der Waals surface area (Å²) in [6, 6.07) is 13.6. The van der Waals surface area contributed by atoms with Gasteiger partial charge < -0.3 is 10.0 Å². The van der Waals surface area contributed by atoms with Gasteiger partial charge in [0.2, 0.25) is 0 Å². The van der Waals surface area contributed by atoms with Crippen LogP contribution in [0.25, 0.3) is 0 Å². The molecule has 0 unspecified atom stereocenters. The molecule has 0 saturated heterocycles. The molecule has 1 aromatic heterocycles. The van der Waals surface area contributed by atoms with Crippen molar-refractivity contribution in [3.63, 3.8) is 0 Å². The highest BCUT2D eigenvalue weighted by atomic mass is 16.4. The van der Waals surface area contributed by atoms with E-state index in [-0.39, 0.29) is 5.56 Å². The van der Waals surface area contributed by atoms with Gasteiger partial charge >= 0.3 is 5.97 Å². The quantitative estimate of drug-likeness (QED) is 0.907. The minimum Gasteiger partial charge on any atom is -0.478 e. The van der Waals surface area contributed by atoms with E-state index in [4.69, 9.17) is 5.11 Å². The van der Waals surface area contributed by atoms with E-state index in [0.29, 0.717) is 5.69 Å². The third-order valence-corrected chi connectivity index (χ3v) is 3.27. The maximum atomic E-state index is 11.0. The van der Waals surface area contributed by atoms with E-state index in [1.807, 2.05) is 30.1 Å². The molecule has 0 bridgehead atoms. The molecule has 0 amide bonds. The number of hydrogen-bond acceptors (Lipinski definition) is 3. The Balaban J connectivity index is 2.04. The van der Waals surface area contributed by atoms with Gasteiger partial charge in [0.15, 0.2) is 0 Å². The van der Waals surface area contributed by atoms with Gasteiger partial charge in [0, 0.05) is 13.6 Å². The van der Waals surface area contributed by atoms with Crippen LogP contribution in [0.4, 0.5) is 5.82 Å². The number of nitrogens with zero attached hydrogens (tertiary/aromatic N) is 2. The number of rotatable bonds is 5. The number of pyridine rings is 1. The zero-order chi connectivity index (χ0) is 14.5. The first-order valence-corrected chi connectivity index (χ1v) is 6.54. The van der Waals surface area contributed by atoms with Crippen LogP contribution in [0.2, 0.25) is 0 Å². The average Bonchev–Trinajstić information content (AvgIpc) is 2.45. The summed E-state index contributed by atoms with van der Waals surface area (Å²) in [6.45, 7) is 2.56. The Morgan fingerprint density at radius 1 is 1.20 bits per heavy atom. The Morgan fingerprint density at radius 2 is 1.90 bits per heavy atom. The summed E-state index contributed by atoms with van der Waals surface area (Å²) in [7, 11) is 1.96. The van der Waals surface area contributed by atoms with Gasteiger partial charge in [0.1, 0.15) is 5.82 Å². The molecule has 1 heterocycles. The van der Waals surface area contributed by atoms with Gasteiger partial charge in [-0.25, -0.2) is 9.78 Å². The van der Waals surface area contributed by atoms with E-state index in [1.165, 1.54) is 5.56 Å². The standard InChI is InChI=1S/C16H18N2O2/c1-12-14(16(19)20)8-9-15(17-12)18(2)11-10-13-6-4-3-5-7-13/h3-9H,10-11H2,1-2H3,(H,19,20). The van der Waals surface area contributed by atoms with Crippen molar-refractivity contribution in [2.75, 3.05) is 18.5 Å². The van der Waals surface area contributed by atoms with Gasteiger partial charge in [-0.05, 0) is 31.0 Å². The number of carboxylic acids is 1. The number of carboxylic acid groups (broad SMARTS) is 1. The van der Waals surface area contributed by atoms with Crippen molar-refractivity contribution in [1.82, 2.24) is 4.98 Å². The first kappa shape index (κ1) is 14.1. The molecule has 1 N–H and O–H groups in total. The summed E-state index contributed by atoms with van der Waals surface area (Å²) in [4.78, 5) is 17.3. The predicted octanol–water partition coefficient (Wildman–Crippen LogP) is 2.77. The van der Waals surface area contributed by atoms with Gasteiger partial charge in [-0.15, -0.1) is 0 Å². The van der Waals surface area contributed by atoms with Crippen molar-refractivity contribution in [2.24, 2.45) is 0 Å². The fourth-order valence-electron chi connectivity index (χ4n) is 2.04. The lowest BCUT2D eigenvalue weighted by atomic mass is 10.1. The van der Waals surface area contributed by atoms with Crippen molar-refractivity contribution >= 4 is 11.8 Å². The molecule has 0 fully saturated rings. The number of carbonyl (C=O) groups is 1. The van der Waals surface area contributed by atoms with Crippen LogP contribution in [0, 0.1) is 6.92 Å². The molecular weight excluding hydrogens is 252 g/mol. The zero-order valence-electron chi connectivity index (χ0n) is 11.7. The summed E-state index contributed by atoms with van der Waals surface area (Å²) in [5.74, 6) is -0.142. The second-order valence-electron chi connectivity index (χ2n) is 4.76. The third-order valence-electron chi connectivity index (χ3n) is 3.27. The topological polar surface area (TPSA) is 53.4 Å². The SMILES string of the molecule is Cc1nc(N(C)CCc2ccccc2)ccc1C(=O)O. The molecule has 4 heteroatoms. The Hall–Kier alpha value is -2.36. The molecule has 1 aromatic carbocycles. The summed E-state index contributed by atoms with van der Waals surface area (Å²) in [5, 5.41) is 8.99. The molecule has 0 atom stereocenters. The van der Waals surface area contributed by atoms with Crippen molar-refractivity contribution in [1.29, 1.82) is 0 Å². The Kier molecular flexibility index (Phi) is 4.35. The van der Waals surface area contributed by atoms with Gasteiger partial charge in [-0.1, -0.05) is 30.3 Å². The number of aromatic nitrogens is 1. The van der Waals surface area contributed by atoms with E-state index in [0.717, 1.165) is 18.8 Å². The smallest absolute Gasteiger partial charge is 0.337 e. The van der Waals surface area contributed by atoms with Gasteiger partial charge in [0.25, 0.3) is 0 Å². The predicted molar refractivity (Wildman–Crippen MR) is 79.3 cm³/mol. The molecule has 104 valence electrons. The molecule has 0 aliphatic rings. The minimum atomic E-state index is -0.937. The van der Waals surface area contributed by atoms with E-state index in [2.05, 4.69) is 17.1 Å². The highest BCUT2D eigenvalue weighted by Gasteiger charge is 2.10. The van der Waals surface area contributed by atoms with Gasteiger partial charge in [-0.3, -0.25) is 0 Å². The van der Waals surface area contributed by atoms with E-state index in [9.17, 15) is 4.79 Å². The van der Waals surface area contributed by atoms with Crippen LogP contribution in [0.5, 0.6) is 0 Å². The van der Waals surface area contributed by atoms with E-state index in [1.54, 1.807) is 19.1 Å². The summed E-state index contributed by atoms with van der Waals surface area (Å²) >= 11 is 0. The molecule has 2 aromatic rings. The molecule has 0 spiro atoms. The third kappa shape index (κ3) is 3.35. The highest BCUT2D eigenvalue weighted by molar-refractivity contribution is 5.89. The summed E-state index contributed by atoms with van der Waals surface area (Å²) < 4.78 is 0. The van der Waals surface area contributed by atoms with Crippen LogP contribution in [-0.2, 0) is 6.42 Å². The molecule has 0 saturated carbocycles. The summed E-state index contributed by atoms with van der Waals surface area (Å²) in [6.07, 6.45) is 0.929. The fourth-order valence-corrected chi connectivity index (χ4v) is 2.04. The fraction of sp³-hybridized carbons (Fsp3) is 0.250. The molecule has 20 heavy (non-hydrogen) atoms. The normalized spacial score (nSPS) is 10.3. The number of aromatic carboxylic acids is 1. The largest absolute Gasteiger partial charge is 0.478 e. The van der Waals surface area contributed by atoms with Crippen LogP contribution in [0.1, 0.15) is 21.6 Å². The Morgan fingerprint density at radius 3 is 2.50 bits per heavy atom. The number of anilines is 1. The van der Waals surface area contributed by atoms with Crippen molar-refractivity contribution in [3.05, 3.63) is 59.3 Å². The number of aryl methyl sites for hydroxylation is 1. The molecule has 4 nitrogen and oxygen atoms in total. The van der Waals surface area contributed by atoms with Crippen LogP contribution < -0.4 is 4.90 Å². The van der Waals surface area contributed by atoms with E-state index >= 15 is 0 Å². The van der Waals surface area contributed by atoms with Crippen molar-refractivity contribution in [2.45, 2.75) is 13.3 Å². The molecule has 2 rings (SSSR count). The average molecular weight is 270 g/mol. The molecule has 0 aliphatic heterocycles. The zero-order valence-corrected chi connectivity index (χ0v) is 11.7. The number of likely N-dealkylation sites (N-methyl/N-ethyl adjacent to an activating group) is 1. The lowest BCUT2D eigenvalue weighted by molar-refractivity contribution is 0.0695. The van der Waals surface area contributed by atoms with Crippen molar-refractivity contribution < 1.29 is 9.90 Å². The molecular formula is C16H18N2O2. The molecule has 0 aliphatic carbocycles. The number of benzene rings is 1.